The average Bonchev–Trinajstić information content (AvgIpc) is 3.02. The molecule has 2 saturated heterocycles. The van der Waals surface area contributed by atoms with Crippen molar-refractivity contribution in [2.24, 2.45) is 5.92 Å². The third kappa shape index (κ3) is 4.53. The van der Waals surface area contributed by atoms with E-state index in [2.05, 4.69) is 10.3 Å². The molecule has 2 aliphatic heterocycles. The second-order valence-electron chi connectivity index (χ2n) is 5.06. The molecular formula is C13H21Cl2N3O2S. The van der Waals surface area contributed by atoms with Crippen LogP contribution in [0.15, 0.2) is 11.6 Å². The molecule has 2 fully saturated rings. The number of morpholine rings is 1. The number of aromatic nitrogens is 1. The molecule has 1 amide bonds. The maximum Gasteiger partial charge on any atom is 0.227 e. The Labute approximate surface area is 141 Å². The van der Waals surface area contributed by atoms with Crippen LogP contribution in [-0.4, -0.2) is 48.6 Å². The summed E-state index contributed by atoms with van der Waals surface area (Å²) in [5, 5.41) is 6.23. The quantitative estimate of drug-likeness (QED) is 0.881. The summed E-state index contributed by atoms with van der Waals surface area (Å²) in [7, 11) is 0. The molecule has 8 heteroatoms. The lowest BCUT2D eigenvalue weighted by Crippen LogP contribution is -2.48. The van der Waals surface area contributed by atoms with Crippen LogP contribution >= 0.6 is 36.2 Å². The highest BCUT2D eigenvalue weighted by molar-refractivity contribution is 7.09. The van der Waals surface area contributed by atoms with Crippen molar-refractivity contribution in [1.82, 2.24) is 15.2 Å². The Bertz CT molecular complexity index is 427. The maximum absolute atomic E-state index is 12.5. The SMILES string of the molecule is Cl.Cl.O=C(C1CCCNC1)N1CCOC(c2nccs2)C1. The number of piperidine rings is 1. The van der Waals surface area contributed by atoms with Gasteiger partial charge in [-0.25, -0.2) is 4.98 Å². The highest BCUT2D eigenvalue weighted by atomic mass is 35.5. The number of nitrogens with zero attached hydrogens (tertiary/aromatic N) is 2. The summed E-state index contributed by atoms with van der Waals surface area (Å²) in [4.78, 5) is 18.7. The van der Waals surface area contributed by atoms with Gasteiger partial charge in [0.05, 0.1) is 19.1 Å². The zero-order chi connectivity index (χ0) is 13.1. The lowest BCUT2D eigenvalue weighted by molar-refractivity contribution is -0.143. The van der Waals surface area contributed by atoms with Crippen molar-refractivity contribution in [2.45, 2.75) is 18.9 Å². The summed E-state index contributed by atoms with van der Waals surface area (Å²) >= 11 is 1.59. The van der Waals surface area contributed by atoms with Crippen LogP contribution in [0.3, 0.4) is 0 Å². The summed E-state index contributed by atoms with van der Waals surface area (Å²) in [6.07, 6.45) is 3.84. The summed E-state index contributed by atoms with van der Waals surface area (Å²) < 4.78 is 5.73. The van der Waals surface area contributed by atoms with Crippen LogP contribution < -0.4 is 5.32 Å². The van der Waals surface area contributed by atoms with Gasteiger partial charge in [0.1, 0.15) is 11.1 Å². The molecule has 0 aliphatic carbocycles. The van der Waals surface area contributed by atoms with Crippen LogP contribution in [0.5, 0.6) is 0 Å². The van der Waals surface area contributed by atoms with E-state index in [4.69, 9.17) is 4.74 Å². The number of hydrogen-bond donors (Lipinski definition) is 1. The van der Waals surface area contributed by atoms with E-state index in [1.54, 1.807) is 17.5 Å². The molecule has 0 radical (unpaired) electrons. The number of carbonyl (C=O) groups excluding carboxylic acids is 1. The summed E-state index contributed by atoms with van der Waals surface area (Å²) in [5.41, 5.74) is 0. The monoisotopic (exact) mass is 353 g/mol. The molecule has 21 heavy (non-hydrogen) atoms. The molecule has 1 aromatic rings. The molecule has 2 aliphatic rings. The standard InChI is InChI=1S/C13H19N3O2S.2ClH/c17-13(10-2-1-3-14-8-10)16-5-6-18-11(9-16)12-15-4-7-19-12;;/h4,7,10-11,14H,1-3,5-6,8-9H2;2*1H. The van der Waals surface area contributed by atoms with Gasteiger partial charge in [0.2, 0.25) is 5.91 Å². The van der Waals surface area contributed by atoms with Crippen LogP contribution in [0.4, 0.5) is 0 Å². The molecule has 0 bridgehead atoms. The lowest BCUT2D eigenvalue weighted by atomic mass is 9.98. The van der Waals surface area contributed by atoms with E-state index in [1.807, 2.05) is 10.3 Å². The van der Waals surface area contributed by atoms with E-state index < -0.39 is 0 Å². The zero-order valence-electron chi connectivity index (χ0n) is 11.7. The van der Waals surface area contributed by atoms with E-state index in [9.17, 15) is 4.79 Å². The minimum absolute atomic E-state index is 0. The molecular weight excluding hydrogens is 333 g/mol. The number of nitrogens with one attached hydrogen (secondary N) is 1. The Morgan fingerprint density at radius 3 is 3.00 bits per heavy atom. The number of amides is 1. The number of ether oxygens (including phenoxy) is 1. The van der Waals surface area contributed by atoms with E-state index in [0.29, 0.717) is 19.7 Å². The van der Waals surface area contributed by atoms with Crippen molar-refractivity contribution in [3.05, 3.63) is 16.6 Å². The Hall–Kier alpha value is -0.400. The lowest BCUT2D eigenvalue weighted by Gasteiger charge is -2.35. The fraction of sp³-hybridized carbons (Fsp3) is 0.692. The number of halogens is 2. The normalized spacial score (nSPS) is 25.6. The van der Waals surface area contributed by atoms with Gasteiger partial charge in [-0.2, -0.15) is 0 Å². The highest BCUT2D eigenvalue weighted by Crippen LogP contribution is 2.25. The fourth-order valence-electron chi connectivity index (χ4n) is 2.71. The third-order valence-corrected chi connectivity index (χ3v) is 4.62. The topological polar surface area (TPSA) is 54.5 Å². The summed E-state index contributed by atoms with van der Waals surface area (Å²) in [6, 6.07) is 0. The van der Waals surface area contributed by atoms with E-state index in [-0.39, 0.29) is 42.7 Å². The molecule has 5 nitrogen and oxygen atoms in total. The van der Waals surface area contributed by atoms with Crippen molar-refractivity contribution in [1.29, 1.82) is 0 Å². The largest absolute Gasteiger partial charge is 0.367 e. The number of hydrogen-bond acceptors (Lipinski definition) is 5. The molecule has 1 N–H and O–H groups in total. The van der Waals surface area contributed by atoms with Crippen molar-refractivity contribution in [3.8, 4) is 0 Å². The molecule has 0 saturated carbocycles. The van der Waals surface area contributed by atoms with Gasteiger partial charge in [0.15, 0.2) is 0 Å². The first-order valence-electron chi connectivity index (χ1n) is 6.85. The van der Waals surface area contributed by atoms with Gasteiger partial charge >= 0.3 is 0 Å². The predicted molar refractivity (Wildman–Crippen MR) is 87.5 cm³/mol. The van der Waals surface area contributed by atoms with Crippen LogP contribution in [0.25, 0.3) is 0 Å². The molecule has 1 aromatic heterocycles. The second-order valence-corrected chi connectivity index (χ2v) is 5.98. The molecule has 2 unspecified atom stereocenters. The van der Waals surface area contributed by atoms with Crippen molar-refractivity contribution < 1.29 is 9.53 Å². The van der Waals surface area contributed by atoms with E-state index in [1.165, 1.54) is 0 Å². The molecule has 120 valence electrons. The number of rotatable bonds is 2. The maximum atomic E-state index is 12.5. The smallest absolute Gasteiger partial charge is 0.227 e. The molecule has 2 atom stereocenters. The van der Waals surface area contributed by atoms with Gasteiger partial charge in [-0.3, -0.25) is 4.79 Å². The van der Waals surface area contributed by atoms with E-state index >= 15 is 0 Å². The van der Waals surface area contributed by atoms with Crippen molar-refractivity contribution >= 4 is 42.1 Å². The first-order valence-corrected chi connectivity index (χ1v) is 7.73. The van der Waals surface area contributed by atoms with Crippen molar-refractivity contribution in [3.63, 3.8) is 0 Å². The minimum Gasteiger partial charge on any atom is -0.367 e. The number of thiazole rings is 1. The summed E-state index contributed by atoms with van der Waals surface area (Å²) in [5.74, 6) is 0.417. The van der Waals surface area contributed by atoms with Gasteiger partial charge in [0, 0.05) is 24.7 Å². The van der Waals surface area contributed by atoms with Crippen LogP contribution in [0, 0.1) is 5.92 Å². The Kier molecular flexibility index (Phi) is 7.90. The predicted octanol–water partition coefficient (Wildman–Crippen LogP) is 1.89. The first-order chi connectivity index (χ1) is 9.34. The Morgan fingerprint density at radius 1 is 1.48 bits per heavy atom. The average molecular weight is 354 g/mol. The Balaban J connectivity index is 0.00000110. The zero-order valence-corrected chi connectivity index (χ0v) is 14.1. The van der Waals surface area contributed by atoms with Gasteiger partial charge in [-0.05, 0) is 19.4 Å². The second kappa shape index (κ2) is 8.90. The van der Waals surface area contributed by atoms with Gasteiger partial charge in [0.25, 0.3) is 0 Å². The van der Waals surface area contributed by atoms with Crippen LogP contribution in [-0.2, 0) is 9.53 Å². The van der Waals surface area contributed by atoms with Gasteiger partial charge in [-0.1, -0.05) is 0 Å². The minimum atomic E-state index is -0.0470. The van der Waals surface area contributed by atoms with Crippen LogP contribution in [0.2, 0.25) is 0 Å². The highest BCUT2D eigenvalue weighted by Gasteiger charge is 2.31. The van der Waals surface area contributed by atoms with E-state index in [0.717, 1.165) is 30.9 Å². The van der Waals surface area contributed by atoms with Crippen LogP contribution in [0.1, 0.15) is 24.0 Å². The fourth-order valence-corrected chi connectivity index (χ4v) is 3.39. The third-order valence-electron chi connectivity index (χ3n) is 3.75. The molecule has 0 spiro atoms. The molecule has 3 rings (SSSR count). The number of carbonyl (C=O) groups is 1. The summed E-state index contributed by atoms with van der Waals surface area (Å²) in [6.45, 7) is 3.81. The van der Waals surface area contributed by atoms with Crippen molar-refractivity contribution in [2.75, 3.05) is 32.8 Å². The molecule has 0 aromatic carbocycles. The Morgan fingerprint density at radius 2 is 2.33 bits per heavy atom. The first kappa shape index (κ1) is 18.6. The van der Waals surface area contributed by atoms with Gasteiger partial charge < -0.3 is 15.0 Å². The van der Waals surface area contributed by atoms with Gasteiger partial charge in [-0.15, -0.1) is 36.2 Å². The molecule has 3 heterocycles.